The smallest absolute Gasteiger partial charge is 0.370 e. The first-order valence-corrected chi connectivity index (χ1v) is 9.00. The van der Waals surface area contributed by atoms with E-state index in [-0.39, 0.29) is 5.69 Å². The number of aromatic nitrogens is 1. The number of hydrogen-bond donors (Lipinski definition) is 0. The van der Waals surface area contributed by atoms with Gasteiger partial charge in [-0.2, -0.15) is 17.2 Å². The maximum Gasteiger partial charge on any atom is 0.376 e. The average molecular weight is 470 g/mol. The van der Waals surface area contributed by atoms with Gasteiger partial charge in [0.2, 0.25) is 34.8 Å². The van der Waals surface area contributed by atoms with E-state index in [0.29, 0.717) is 5.56 Å². The molecule has 0 bridgehead atoms. The lowest BCUT2D eigenvalue weighted by Crippen LogP contribution is -2.14. The van der Waals surface area contributed by atoms with Crippen LogP contribution < -0.4 is 4.18 Å². The number of benzene rings is 2. The highest BCUT2D eigenvalue weighted by molar-refractivity contribution is 9.10. The summed E-state index contributed by atoms with van der Waals surface area (Å²) < 4.78 is 100. The van der Waals surface area contributed by atoms with Gasteiger partial charge < -0.3 is 8.71 Å². The quantitative estimate of drug-likeness (QED) is 0.242. The third-order valence-corrected chi connectivity index (χ3v) is 4.84. The Morgan fingerprint density at radius 2 is 1.41 bits per heavy atom. The Hall–Kier alpha value is -2.47. The highest BCUT2D eigenvalue weighted by Gasteiger charge is 2.32. The topological polar surface area (TPSA) is 69.4 Å². The molecule has 0 radical (unpaired) electrons. The largest absolute Gasteiger partial charge is 0.376 e. The van der Waals surface area contributed by atoms with Crippen LogP contribution in [-0.4, -0.2) is 13.6 Å². The van der Waals surface area contributed by atoms with Crippen molar-refractivity contribution in [3.05, 3.63) is 63.9 Å². The molecule has 27 heavy (non-hydrogen) atoms. The highest BCUT2D eigenvalue weighted by Crippen LogP contribution is 2.32. The predicted octanol–water partition coefficient (Wildman–Crippen LogP) is 4.57. The third-order valence-electron chi connectivity index (χ3n) is 3.24. The van der Waals surface area contributed by atoms with Crippen LogP contribution in [0.25, 0.3) is 11.3 Å². The van der Waals surface area contributed by atoms with Crippen LogP contribution in [0.15, 0.2) is 44.4 Å². The lowest BCUT2D eigenvalue weighted by Gasteiger charge is -2.08. The van der Waals surface area contributed by atoms with Gasteiger partial charge in [0.05, 0.1) is 0 Å². The minimum Gasteiger partial charge on any atom is -0.370 e. The first-order valence-electron chi connectivity index (χ1n) is 6.80. The van der Waals surface area contributed by atoms with E-state index < -0.39 is 50.0 Å². The molecule has 1 aromatic heterocycles. The number of halogens is 6. The van der Waals surface area contributed by atoms with Gasteiger partial charge in [0.1, 0.15) is 5.69 Å². The van der Waals surface area contributed by atoms with Crippen LogP contribution >= 0.6 is 15.9 Å². The van der Waals surface area contributed by atoms with Gasteiger partial charge in [-0.15, -0.1) is 0 Å². The average Bonchev–Trinajstić information content (AvgIpc) is 3.14. The highest BCUT2D eigenvalue weighted by atomic mass is 79.9. The standard InChI is InChI=1S/C15H5BrF5NO4S/c16-7-3-1-6(2-4-7)8-5-9(25-22-8)27(23,24)26-15-13(20)11(18)10(17)12(19)14(15)21/h1-5H. The molecule has 0 aliphatic heterocycles. The summed E-state index contributed by atoms with van der Waals surface area (Å²) in [7, 11) is -5.07. The van der Waals surface area contributed by atoms with Gasteiger partial charge in [0.15, 0.2) is 0 Å². The van der Waals surface area contributed by atoms with Crippen LogP contribution in [0.4, 0.5) is 22.0 Å². The molecule has 3 aromatic rings. The summed E-state index contributed by atoms with van der Waals surface area (Å²) >= 11 is 3.20. The van der Waals surface area contributed by atoms with Crippen molar-refractivity contribution in [2.24, 2.45) is 0 Å². The van der Waals surface area contributed by atoms with Crippen LogP contribution in [0.3, 0.4) is 0 Å². The SMILES string of the molecule is O=S(=O)(Oc1c(F)c(F)c(F)c(F)c1F)c1cc(-c2ccc(Br)cc2)no1. The second-order valence-electron chi connectivity index (χ2n) is 4.97. The Balaban J connectivity index is 1.99. The summed E-state index contributed by atoms with van der Waals surface area (Å²) in [4.78, 5) is 0. The summed E-state index contributed by atoms with van der Waals surface area (Å²) in [6.07, 6.45) is 0. The molecule has 3 rings (SSSR count). The van der Waals surface area contributed by atoms with Crippen LogP contribution in [0, 0.1) is 29.1 Å². The van der Waals surface area contributed by atoms with Crippen molar-refractivity contribution in [1.82, 2.24) is 5.16 Å². The second-order valence-corrected chi connectivity index (χ2v) is 7.37. The normalized spacial score (nSPS) is 11.6. The van der Waals surface area contributed by atoms with E-state index >= 15 is 0 Å². The fraction of sp³-hybridized carbons (Fsp3) is 0. The van der Waals surface area contributed by atoms with Gasteiger partial charge in [-0.05, 0) is 12.1 Å². The number of hydrogen-bond acceptors (Lipinski definition) is 5. The number of nitrogens with zero attached hydrogens (tertiary/aromatic N) is 1. The van der Waals surface area contributed by atoms with Crippen molar-refractivity contribution in [3.8, 4) is 17.0 Å². The van der Waals surface area contributed by atoms with Crippen molar-refractivity contribution in [2.75, 3.05) is 0 Å². The summed E-state index contributed by atoms with van der Waals surface area (Å²) in [5.74, 6) is -14.0. The lowest BCUT2D eigenvalue weighted by atomic mass is 10.2. The molecule has 0 saturated heterocycles. The van der Waals surface area contributed by atoms with E-state index in [1.165, 1.54) is 0 Å². The van der Waals surface area contributed by atoms with Crippen molar-refractivity contribution >= 4 is 26.0 Å². The van der Waals surface area contributed by atoms with Gasteiger partial charge in [-0.25, -0.2) is 13.2 Å². The van der Waals surface area contributed by atoms with E-state index in [2.05, 4.69) is 29.8 Å². The van der Waals surface area contributed by atoms with Gasteiger partial charge in [-0.3, -0.25) is 0 Å². The van der Waals surface area contributed by atoms with Crippen molar-refractivity contribution in [1.29, 1.82) is 0 Å². The summed E-state index contributed by atoms with van der Waals surface area (Å²) in [5.41, 5.74) is 0.460. The Kier molecular flexibility index (Phi) is 4.95. The zero-order valence-corrected chi connectivity index (χ0v) is 15.0. The van der Waals surface area contributed by atoms with Gasteiger partial charge in [0.25, 0.3) is 5.09 Å². The molecule has 0 aliphatic carbocycles. The van der Waals surface area contributed by atoms with Crippen molar-refractivity contribution in [3.63, 3.8) is 0 Å². The van der Waals surface area contributed by atoms with Gasteiger partial charge >= 0.3 is 10.1 Å². The van der Waals surface area contributed by atoms with Gasteiger partial charge in [-0.1, -0.05) is 33.2 Å². The van der Waals surface area contributed by atoms with Gasteiger partial charge in [0, 0.05) is 16.1 Å². The molecule has 12 heteroatoms. The third kappa shape index (κ3) is 3.54. The monoisotopic (exact) mass is 469 g/mol. The van der Waals surface area contributed by atoms with Crippen LogP contribution in [0.2, 0.25) is 0 Å². The minimum atomic E-state index is -5.07. The minimum absolute atomic E-state index is 0.0297. The van der Waals surface area contributed by atoms with Crippen molar-refractivity contribution in [2.45, 2.75) is 5.09 Å². The number of rotatable bonds is 4. The zero-order chi connectivity index (χ0) is 19.9. The maximum absolute atomic E-state index is 13.6. The van der Waals surface area contributed by atoms with Crippen LogP contribution in [0.1, 0.15) is 0 Å². The zero-order valence-electron chi connectivity index (χ0n) is 12.6. The maximum atomic E-state index is 13.6. The van der Waals surface area contributed by atoms with E-state index in [1.54, 1.807) is 24.3 Å². The molecule has 1 heterocycles. The predicted molar refractivity (Wildman–Crippen MR) is 83.7 cm³/mol. The Labute approximate surface area is 156 Å². The molecular weight excluding hydrogens is 465 g/mol. The molecule has 0 spiro atoms. The van der Waals surface area contributed by atoms with Crippen LogP contribution in [0.5, 0.6) is 5.75 Å². The first kappa shape index (κ1) is 19.3. The second kappa shape index (κ2) is 6.93. The van der Waals surface area contributed by atoms with E-state index in [0.717, 1.165) is 10.5 Å². The molecule has 0 N–H and O–H groups in total. The molecule has 0 atom stereocenters. The van der Waals surface area contributed by atoms with E-state index in [1.807, 2.05) is 0 Å². The molecule has 5 nitrogen and oxygen atoms in total. The Morgan fingerprint density at radius 1 is 0.889 bits per heavy atom. The molecule has 142 valence electrons. The van der Waals surface area contributed by atoms with E-state index in [4.69, 9.17) is 0 Å². The summed E-state index contributed by atoms with van der Waals surface area (Å²) in [5, 5.41) is 2.48. The molecule has 0 aliphatic rings. The molecule has 0 amide bonds. The molecule has 0 fully saturated rings. The van der Waals surface area contributed by atoms with E-state index in [9.17, 15) is 30.4 Å². The lowest BCUT2D eigenvalue weighted by molar-refractivity contribution is 0.315. The summed E-state index contributed by atoms with van der Waals surface area (Å²) in [6.45, 7) is 0. The molecular formula is C15H5BrF5NO4S. The fourth-order valence-corrected chi connectivity index (χ4v) is 3.04. The summed E-state index contributed by atoms with van der Waals surface area (Å²) in [6, 6.07) is 7.24. The Bertz CT molecular complexity index is 1100. The fourth-order valence-electron chi connectivity index (χ4n) is 1.94. The molecule has 0 unspecified atom stereocenters. The first-order chi connectivity index (χ1) is 12.6. The van der Waals surface area contributed by atoms with Crippen LogP contribution in [-0.2, 0) is 10.1 Å². The molecule has 0 saturated carbocycles. The molecule has 2 aromatic carbocycles. The van der Waals surface area contributed by atoms with Crippen molar-refractivity contribution < 1.29 is 39.1 Å². The Morgan fingerprint density at radius 3 is 1.96 bits per heavy atom.